The second-order valence-corrected chi connectivity index (χ2v) is 7.68. The summed E-state index contributed by atoms with van der Waals surface area (Å²) < 4.78 is 0. The van der Waals surface area contributed by atoms with E-state index >= 15 is 0 Å². The number of aromatic nitrogens is 1. The molecule has 0 saturated heterocycles. The predicted molar refractivity (Wildman–Crippen MR) is 99.9 cm³/mol. The number of hydrogen-bond donors (Lipinski definition) is 1. The Balaban J connectivity index is 2.30. The van der Waals surface area contributed by atoms with Crippen molar-refractivity contribution < 1.29 is 4.79 Å². The van der Waals surface area contributed by atoms with E-state index in [4.69, 9.17) is 4.98 Å². The molecule has 0 aromatic carbocycles. The van der Waals surface area contributed by atoms with Gasteiger partial charge < -0.3 is 15.1 Å². The molecule has 1 aromatic heterocycles. The Bertz CT molecular complexity index is 581. The van der Waals surface area contributed by atoms with Crippen molar-refractivity contribution in [3.63, 3.8) is 0 Å². The second kappa shape index (κ2) is 7.97. The van der Waals surface area contributed by atoms with E-state index in [2.05, 4.69) is 30.1 Å². The summed E-state index contributed by atoms with van der Waals surface area (Å²) in [6.07, 6.45) is 1.92. The van der Waals surface area contributed by atoms with E-state index < -0.39 is 0 Å². The van der Waals surface area contributed by atoms with Crippen molar-refractivity contribution in [2.45, 2.75) is 46.6 Å². The van der Waals surface area contributed by atoms with Gasteiger partial charge in [0, 0.05) is 51.9 Å². The highest BCUT2D eigenvalue weighted by atomic mass is 16.1. The number of fused-ring (bicyclic) bond motifs is 1. The first-order valence-electron chi connectivity index (χ1n) is 9.01. The van der Waals surface area contributed by atoms with Crippen LogP contribution in [0.4, 0.5) is 5.82 Å². The van der Waals surface area contributed by atoms with Crippen molar-refractivity contribution in [2.75, 3.05) is 38.6 Å². The summed E-state index contributed by atoms with van der Waals surface area (Å²) in [6.45, 7) is 11.7. The van der Waals surface area contributed by atoms with Crippen molar-refractivity contribution >= 4 is 11.7 Å². The fourth-order valence-corrected chi connectivity index (χ4v) is 3.22. The number of nitrogens with one attached hydrogen (secondary N) is 1. The number of nitrogens with zero attached hydrogens (tertiary/aromatic N) is 3. The molecule has 5 nitrogen and oxygen atoms in total. The lowest BCUT2D eigenvalue weighted by atomic mass is 10.0. The minimum Gasteiger partial charge on any atom is -0.362 e. The van der Waals surface area contributed by atoms with Crippen LogP contribution in [0.5, 0.6) is 0 Å². The topological polar surface area (TPSA) is 48.5 Å². The van der Waals surface area contributed by atoms with Gasteiger partial charge in [0.05, 0.1) is 5.56 Å². The molecule has 0 radical (unpaired) electrons. The molecule has 1 aromatic rings. The van der Waals surface area contributed by atoms with Crippen LogP contribution in [0.25, 0.3) is 0 Å². The molecule has 5 heteroatoms. The largest absolute Gasteiger partial charge is 0.362 e. The monoisotopic (exact) mass is 332 g/mol. The van der Waals surface area contributed by atoms with Crippen LogP contribution in [0.15, 0.2) is 6.07 Å². The molecule has 0 unspecified atom stereocenters. The molecule has 134 valence electrons. The second-order valence-electron chi connectivity index (χ2n) is 7.68. The molecule has 1 amide bonds. The van der Waals surface area contributed by atoms with Crippen LogP contribution >= 0.6 is 0 Å². The molecule has 1 N–H and O–H groups in total. The van der Waals surface area contributed by atoms with Gasteiger partial charge in [-0.3, -0.25) is 4.79 Å². The molecule has 0 fully saturated rings. The molecule has 1 aliphatic heterocycles. The first-order chi connectivity index (χ1) is 11.3. The van der Waals surface area contributed by atoms with Gasteiger partial charge in [0.1, 0.15) is 5.82 Å². The standard InChI is InChI=1S/C19H32N4O/c1-13(2)12-23-9-7-15-11-16(19(24)20-14(3)4)18(22(5)6)21-17(15)8-10-23/h11,13-14H,7-10,12H2,1-6H3,(H,20,24). The highest BCUT2D eigenvalue weighted by molar-refractivity contribution is 5.99. The van der Waals surface area contributed by atoms with Crippen molar-refractivity contribution in [3.05, 3.63) is 22.9 Å². The first-order valence-corrected chi connectivity index (χ1v) is 9.01. The van der Waals surface area contributed by atoms with Crippen LogP contribution in [0, 0.1) is 5.92 Å². The SMILES string of the molecule is CC(C)CN1CCc2cc(C(=O)NC(C)C)c(N(C)C)nc2CC1. The van der Waals surface area contributed by atoms with Crippen LogP contribution < -0.4 is 10.2 Å². The Morgan fingerprint density at radius 1 is 1.25 bits per heavy atom. The molecule has 2 heterocycles. The van der Waals surface area contributed by atoms with Gasteiger partial charge in [-0.15, -0.1) is 0 Å². The van der Waals surface area contributed by atoms with Crippen LogP contribution in [-0.2, 0) is 12.8 Å². The Morgan fingerprint density at radius 3 is 2.50 bits per heavy atom. The molecule has 0 aliphatic carbocycles. The molecule has 0 atom stereocenters. The zero-order valence-corrected chi connectivity index (χ0v) is 16.0. The Labute approximate surface area is 146 Å². The van der Waals surface area contributed by atoms with E-state index in [0.29, 0.717) is 11.5 Å². The number of hydrogen-bond acceptors (Lipinski definition) is 4. The fourth-order valence-electron chi connectivity index (χ4n) is 3.22. The average molecular weight is 332 g/mol. The van der Waals surface area contributed by atoms with Crippen molar-refractivity contribution in [1.82, 2.24) is 15.2 Å². The third-order valence-corrected chi connectivity index (χ3v) is 4.24. The number of rotatable bonds is 5. The molecule has 0 spiro atoms. The summed E-state index contributed by atoms with van der Waals surface area (Å²) in [5.41, 5.74) is 3.05. The normalized spacial score (nSPS) is 15.3. The van der Waals surface area contributed by atoms with Crippen LogP contribution in [0.1, 0.15) is 49.3 Å². The number of pyridine rings is 1. The summed E-state index contributed by atoms with van der Waals surface area (Å²) >= 11 is 0. The maximum absolute atomic E-state index is 12.6. The van der Waals surface area contributed by atoms with E-state index in [0.717, 1.165) is 44.0 Å². The predicted octanol–water partition coefficient (Wildman–Crippen LogP) is 2.34. The van der Waals surface area contributed by atoms with E-state index in [-0.39, 0.29) is 11.9 Å². The molecular formula is C19H32N4O. The smallest absolute Gasteiger partial charge is 0.255 e. The number of anilines is 1. The van der Waals surface area contributed by atoms with Crippen molar-refractivity contribution in [2.24, 2.45) is 5.92 Å². The number of carbonyl (C=O) groups is 1. The Hall–Kier alpha value is -1.62. The van der Waals surface area contributed by atoms with Crippen LogP contribution in [0.2, 0.25) is 0 Å². The Morgan fingerprint density at radius 2 is 1.92 bits per heavy atom. The third-order valence-electron chi connectivity index (χ3n) is 4.24. The average Bonchev–Trinajstić information content (AvgIpc) is 2.67. The summed E-state index contributed by atoms with van der Waals surface area (Å²) in [7, 11) is 3.89. The fraction of sp³-hybridized carbons (Fsp3) is 0.684. The van der Waals surface area contributed by atoms with E-state index in [1.165, 1.54) is 5.56 Å². The van der Waals surface area contributed by atoms with Crippen molar-refractivity contribution in [1.29, 1.82) is 0 Å². The molecular weight excluding hydrogens is 300 g/mol. The van der Waals surface area contributed by atoms with Gasteiger partial charge in [0.25, 0.3) is 5.91 Å². The maximum Gasteiger partial charge on any atom is 0.255 e. The van der Waals surface area contributed by atoms with Gasteiger partial charge in [0.2, 0.25) is 0 Å². The zero-order valence-electron chi connectivity index (χ0n) is 16.0. The minimum atomic E-state index is -0.0349. The van der Waals surface area contributed by atoms with Gasteiger partial charge >= 0.3 is 0 Å². The summed E-state index contributed by atoms with van der Waals surface area (Å²) in [6, 6.07) is 2.18. The maximum atomic E-state index is 12.6. The zero-order chi connectivity index (χ0) is 17.9. The quantitative estimate of drug-likeness (QED) is 0.899. The van der Waals surface area contributed by atoms with E-state index in [9.17, 15) is 4.79 Å². The van der Waals surface area contributed by atoms with Gasteiger partial charge in [-0.2, -0.15) is 0 Å². The van der Waals surface area contributed by atoms with Gasteiger partial charge in [-0.05, 0) is 37.8 Å². The number of amides is 1. The third kappa shape index (κ3) is 4.69. The number of carbonyl (C=O) groups excluding carboxylic acids is 1. The van der Waals surface area contributed by atoms with Crippen LogP contribution in [-0.4, -0.2) is 55.6 Å². The Kier molecular flexibility index (Phi) is 6.21. The van der Waals surface area contributed by atoms with Gasteiger partial charge in [-0.25, -0.2) is 4.98 Å². The summed E-state index contributed by atoms with van der Waals surface area (Å²) in [5, 5.41) is 3.00. The van der Waals surface area contributed by atoms with Crippen LogP contribution in [0.3, 0.4) is 0 Å². The van der Waals surface area contributed by atoms with E-state index in [1.807, 2.05) is 32.8 Å². The lowest BCUT2D eigenvalue weighted by Gasteiger charge is -2.21. The highest BCUT2D eigenvalue weighted by Gasteiger charge is 2.22. The van der Waals surface area contributed by atoms with Gasteiger partial charge in [-0.1, -0.05) is 13.8 Å². The minimum absolute atomic E-state index is 0.0349. The van der Waals surface area contributed by atoms with E-state index in [1.54, 1.807) is 0 Å². The molecule has 0 saturated carbocycles. The molecule has 1 aliphatic rings. The summed E-state index contributed by atoms with van der Waals surface area (Å²) in [5.74, 6) is 1.40. The van der Waals surface area contributed by atoms with Gasteiger partial charge in [0.15, 0.2) is 0 Å². The lowest BCUT2D eigenvalue weighted by Crippen LogP contribution is -2.32. The molecule has 24 heavy (non-hydrogen) atoms. The first kappa shape index (κ1) is 18.7. The van der Waals surface area contributed by atoms with Crippen molar-refractivity contribution in [3.8, 4) is 0 Å². The lowest BCUT2D eigenvalue weighted by molar-refractivity contribution is 0.0943. The molecule has 0 bridgehead atoms. The summed E-state index contributed by atoms with van der Waals surface area (Å²) in [4.78, 5) is 21.9. The molecule has 2 rings (SSSR count). The highest BCUT2D eigenvalue weighted by Crippen LogP contribution is 2.23.